The lowest BCUT2D eigenvalue weighted by molar-refractivity contribution is 0.399. The number of furan rings is 1. The first-order valence-electron chi connectivity index (χ1n) is 6.41. The number of aromatic nitrogens is 1. The Morgan fingerprint density at radius 2 is 2.05 bits per heavy atom. The van der Waals surface area contributed by atoms with Crippen LogP contribution in [0.1, 0.15) is 5.69 Å². The number of rotatable bonds is 2. The molecular formula is C15H13ClFN3O2. The molecule has 0 saturated carbocycles. The minimum Gasteiger partial charge on any atom is -0.481 e. The van der Waals surface area contributed by atoms with Crippen LogP contribution < -0.4 is 16.2 Å². The second-order valence-electron chi connectivity index (χ2n) is 4.79. The Hall–Kier alpha value is -2.47. The topological polar surface area (TPSA) is 87.3 Å². The molecule has 0 aliphatic rings. The van der Waals surface area contributed by atoms with E-state index in [-0.39, 0.29) is 16.6 Å². The molecular weight excluding hydrogens is 309 g/mol. The normalized spacial score (nSPS) is 11.1. The van der Waals surface area contributed by atoms with Gasteiger partial charge < -0.3 is 20.6 Å². The van der Waals surface area contributed by atoms with Gasteiger partial charge in [-0.3, -0.25) is 0 Å². The lowest BCUT2D eigenvalue weighted by Gasteiger charge is -2.11. The highest BCUT2D eigenvalue weighted by Gasteiger charge is 2.22. The van der Waals surface area contributed by atoms with Crippen LogP contribution in [0, 0.1) is 12.7 Å². The van der Waals surface area contributed by atoms with E-state index in [4.69, 9.17) is 32.2 Å². The van der Waals surface area contributed by atoms with Crippen molar-refractivity contribution in [2.45, 2.75) is 6.92 Å². The van der Waals surface area contributed by atoms with Crippen molar-refractivity contribution in [3.8, 4) is 17.0 Å². The molecule has 4 N–H and O–H groups in total. The van der Waals surface area contributed by atoms with Crippen LogP contribution in [0.15, 0.2) is 22.6 Å². The van der Waals surface area contributed by atoms with Crippen molar-refractivity contribution in [2.75, 3.05) is 18.6 Å². The van der Waals surface area contributed by atoms with E-state index in [2.05, 4.69) is 4.98 Å². The summed E-state index contributed by atoms with van der Waals surface area (Å²) < 4.78 is 24.2. The third-order valence-electron chi connectivity index (χ3n) is 3.44. The summed E-state index contributed by atoms with van der Waals surface area (Å²) in [4.78, 5) is 4.34. The summed E-state index contributed by atoms with van der Waals surface area (Å²) in [7, 11) is 1.49. The van der Waals surface area contributed by atoms with Crippen molar-refractivity contribution < 1.29 is 13.5 Å². The molecule has 1 aromatic carbocycles. The van der Waals surface area contributed by atoms with Crippen LogP contribution >= 0.6 is 11.6 Å². The number of anilines is 2. The largest absolute Gasteiger partial charge is 0.481 e. The molecule has 0 spiro atoms. The number of nitrogens with zero attached hydrogens (tertiary/aromatic N) is 1. The van der Waals surface area contributed by atoms with Gasteiger partial charge >= 0.3 is 0 Å². The second kappa shape index (κ2) is 5.06. The van der Waals surface area contributed by atoms with Crippen LogP contribution in [-0.2, 0) is 0 Å². The summed E-state index contributed by atoms with van der Waals surface area (Å²) in [5.41, 5.74) is 14.3. The van der Waals surface area contributed by atoms with Crippen molar-refractivity contribution in [3.63, 3.8) is 0 Å². The zero-order valence-electron chi connectivity index (χ0n) is 11.9. The van der Waals surface area contributed by atoms with Gasteiger partial charge in [-0.15, -0.1) is 0 Å². The molecule has 114 valence electrons. The standard InChI is InChI=1S/C15H13ClFN3O2/c1-6-13-11(12(18)14(19)22-13)10(15(20-6)21-2)7-3-4-9(17)8(16)5-7/h3-5H,18-19H2,1-2H3. The van der Waals surface area contributed by atoms with Crippen molar-refractivity contribution in [2.24, 2.45) is 0 Å². The molecule has 0 saturated heterocycles. The van der Waals surface area contributed by atoms with Crippen molar-refractivity contribution in [3.05, 3.63) is 34.7 Å². The maximum atomic E-state index is 13.4. The fraction of sp³-hybridized carbons (Fsp3) is 0.133. The number of benzene rings is 1. The van der Waals surface area contributed by atoms with Crippen molar-refractivity contribution in [1.82, 2.24) is 4.98 Å². The fourth-order valence-electron chi connectivity index (χ4n) is 2.40. The first-order valence-corrected chi connectivity index (χ1v) is 6.79. The van der Waals surface area contributed by atoms with E-state index in [1.165, 1.54) is 19.2 Å². The zero-order valence-corrected chi connectivity index (χ0v) is 12.7. The monoisotopic (exact) mass is 321 g/mol. The van der Waals surface area contributed by atoms with Gasteiger partial charge in [0, 0.05) is 0 Å². The SMILES string of the molecule is COc1nc(C)c2oc(N)c(N)c2c1-c1ccc(F)c(Cl)c1. The first kappa shape index (κ1) is 14.5. The Kier molecular flexibility index (Phi) is 3.33. The molecule has 5 nitrogen and oxygen atoms in total. The summed E-state index contributed by atoms with van der Waals surface area (Å²) in [5.74, 6) is -0.0804. The molecule has 3 rings (SSSR count). The quantitative estimate of drug-likeness (QED) is 0.750. The molecule has 0 unspecified atom stereocenters. The molecule has 22 heavy (non-hydrogen) atoms. The van der Waals surface area contributed by atoms with E-state index < -0.39 is 5.82 Å². The maximum absolute atomic E-state index is 13.4. The van der Waals surface area contributed by atoms with E-state index in [1.54, 1.807) is 13.0 Å². The fourth-order valence-corrected chi connectivity index (χ4v) is 2.58. The molecule has 0 aliphatic carbocycles. The van der Waals surface area contributed by atoms with Gasteiger partial charge in [-0.1, -0.05) is 17.7 Å². The Morgan fingerprint density at radius 1 is 1.32 bits per heavy atom. The predicted molar refractivity (Wildman–Crippen MR) is 84.5 cm³/mol. The van der Waals surface area contributed by atoms with Gasteiger partial charge in [0.25, 0.3) is 0 Å². The average Bonchev–Trinajstić information content (AvgIpc) is 2.79. The first-order chi connectivity index (χ1) is 10.4. The van der Waals surface area contributed by atoms with Gasteiger partial charge in [0.2, 0.25) is 11.8 Å². The number of hydrogen-bond acceptors (Lipinski definition) is 5. The van der Waals surface area contributed by atoms with Crippen LogP contribution in [0.25, 0.3) is 22.1 Å². The molecule has 0 bridgehead atoms. The van der Waals surface area contributed by atoms with E-state index in [9.17, 15) is 4.39 Å². The average molecular weight is 322 g/mol. The van der Waals surface area contributed by atoms with Crippen molar-refractivity contribution >= 4 is 34.1 Å². The zero-order chi connectivity index (χ0) is 16.0. The number of ether oxygens (including phenoxy) is 1. The van der Waals surface area contributed by atoms with E-state index in [0.29, 0.717) is 33.7 Å². The Labute approximate surface area is 130 Å². The highest BCUT2D eigenvalue weighted by molar-refractivity contribution is 6.31. The molecule has 2 heterocycles. The second-order valence-corrected chi connectivity index (χ2v) is 5.20. The molecule has 3 aromatic rings. The molecule has 0 radical (unpaired) electrons. The van der Waals surface area contributed by atoms with Crippen molar-refractivity contribution in [1.29, 1.82) is 0 Å². The smallest absolute Gasteiger partial charge is 0.222 e. The lowest BCUT2D eigenvalue weighted by atomic mass is 10.0. The third-order valence-corrected chi connectivity index (χ3v) is 3.73. The highest BCUT2D eigenvalue weighted by atomic mass is 35.5. The minimum atomic E-state index is -0.514. The number of nitrogen functional groups attached to an aromatic ring is 2. The Bertz CT molecular complexity index is 892. The van der Waals surface area contributed by atoms with Crippen LogP contribution in [0.3, 0.4) is 0 Å². The Morgan fingerprint density at radius 3 is 2.68 bits per heavy atom. The summed E-state index contributed by atoms with van der Waals surface area (Å²) in [6.07, 6.45) is 0. The number of hydrogen-bond donors (Lipinski definition) is 2. The summed E-state index contributed by atoms with van der Waals surface area (Å²) in [6, 6.07) is 4.31. The van der Waals surface area contributed by atoms with Gasteiger partial charge in [-0.25, -0.2) is 9.37 Å². The summed E-state index contributed by atoms with van der Waals surface area (Å²) in [6.45, 7) is 1.76. The number of halogens is 2. The summed E-state index contributed by atoms with van der Waals surface area (Å²) >= 11 is 5.87. The van der Waals surface area contributed by atoms with Crippen LogP contribution in [-0.4, -0.2) is 12.1 Å². The lowest BCUT2D eigenvalue weighted by Crippen LogP contribution is -1.97. The number of methoxy groups -OCH3 is 1. The van der Waals surface area contributed by atoms with Gasteiger partial charge in [-0.2, -0.15) is 0 Å². The van der Waals surface area contributed by atoms with Gasteiger partial charge in [0.15, 0.2) is 5.58 Å². The minimum absolute atomic E-state index is 0.0108. The third kappa shape index (κ3) is 2.03. The highest BCUT2D eigenvalue weighted by Crippen LogP contribution is 2.43. The van der Waals surface area contributed by atoms with Gasteiger partial charge in [0.05, 0.1) is 28.8 Å². The molecule has 0 amide bonds. The molecule has 7 heteroatoms. The number of nitrogens with two attached hydrogens (primary N) is 2. The molecule has 0 atom stereocenters. The van der Waals surface area contributed by atoms with E-state index >= 15 is 0 Å². The van der Waals surface area contributed by atoms with E-state index in [1.807, 2.05) is 0 Å². The maximum Gasteiger partial charge on any atom is 0.222 e. The predicted octanol–water partition coefficient (Wildman–Crippen LogP) is 3.77. The van der Waals surface area contributed by atoms with Gasteiger partial charge in [0.1, 0.15) is 11.5 Å². The number of aryl methyl sites for hydroxylation is 1. The van der Waals surface area contributed by atoms with Crippen LogP contribution in [0.4, 0.5) is 16.0 Å². The van der Waals surface area contributed by atoms with Crippen LogP contribution in [0.5, 0.6) is 5.88 Å². The van der Waals surface area contributed by atoms with E-state index in [0.717, 1.165) is 0 Å². The Balaban J connectivity index is 2.45. The molecule has 0 fully saturated rings. The van der Waals surface area contributed by atoms with Crippen LogP contribution in [0.2, 0.25) is 5.02 Å². The number of pyridine rings is 1. The molecule has 0 aliphatic heterocycles. The molecule has 2 aromatic heterocycles. The number of fused-ring (bicyclic) bond motifs is 1. The summed E-state index contributed by atoms with van der Waals surface area (Å²) in [5, 5.41) is 0.563. The van der Waals surface area contributed by atoms with Gasteiger partial charge in [-0.05, 0) is 24.6 Å².